The first-order chi connectivity index (χ1) is 11.3. The Morgan fingerprint density at radius 2 is 1.96 bits per heavy atom. The quantitative estimate of drug-likeness (QED) is 0.617. The van der Waals surface area contributed by atoms with Crippen molar-refractivity contribution in [3.05, 3.63) is 39.9 Å². The first kappa shape index (κ1) is 18.1. The van der Waals surface area contributed by atoms with Gasteiger partial charge in [-0.25, -0.2) is 0 Å². The molecule has 1 aromatic carbocycles. The molecule has 0 radical (unpaired) electrons. The number of rotatable bonds is 5. The summed E-state index contributed by atoms with van der Waals surface area (Å²) in [5.41, 5.74) is -0.704. The van der Waals surface area contributed by atoms with Crippen molar-refractivity contribution >= 4 is 11.6 Å². The second kappa shape index (κ2) is 7.58. The number of piperazine rings is 1. The highest BCUT2D eigenvalue weighted by Gasteiger charge is 2.44. The summed E-state index contributed by atoms with van der Waals surface area (Å²) in [4.78, 5) is 23.5. The third-order valence-corrected chi connectivity index (χ3v) is 3.77. The van der Waals surface area contributed by atoms with Crippen molar-refractivity contribution in [2.45, 2.75) is 12.2 Å². The average Bonchev–Trinajstić information content (AvgIpc) is 2.54. The van der Waals surface area contributed by atoms with Gasteiger partial charge in [0, 0.05) is 38.8 Å². The number of nitrogens with one attached hydrogen (secondary N) is 2. The molecule has 7 nitrogen and oxygen atoms in total. The van der Waals surface area contributed by atoms with Gasteiger partial charge >= 0.3 is 6.18 Å². The predicted molar refractivity (Wildman–Crippen MR) is 79.7 cm³/mol. The lowest BCUT2D eigenvalue weighted by Crippen LogP contribution is -2.57. The van der Waals surface area contributed by atoms with Crippen molar-refractivity contribution in [2.75, 3.05) is 32.7 Å². The Hall–Kier alpha value is -2.20. The van der Waals surface area contributed by atoms with Gasteiger partial charge in [0.15, 0.2) is 0 Å². The zero-order chi connectivity index (χ0) is 17.7. The number of carbonyl (C=O) groups is 1. The largest absolute Gasteiger partial charge is 0.405 e. The Morgan fingerprint density at radius 1 is 1.33 bits per heavy atom. The monoisotopic (exact) mass is 346 g/mol. The van der Waals surface area contributed by atoms with E-state index in [1.54, 1.807) is 0 Å². The summed E-state index contributed by atoms with van der Waals surface area (Å²) in [6.45, 7) is 0.640. The van der Waals surface area contributed by atoms with Crippen LogP contribution in [0.15, 0.2) is 24.3 Å². The summed E-state index contributed by atoms with van der Waals surface area (Å²) >= 11 is 0. The predicted octanol–water partition coefficient (Wildman–Crippen LogP) is 1.16. The van der Waals surface area contributed by atoms with Crippen LogP contribution < -0.4 is 10.6 Å². The number of benzene rings is 1. The van der Waals surface area contributed by atoms with Crippen LogP contribution in [-0.4, -0.2) is 60.7 Å². The van der Waals surface area contributed by atoms with Crippen LogP contribution in [0.25, 0.3) is 0 Å². The molecule has 1 aliphatic heterocycles. The number of nitrogens with zero attached hydrogens (tertiary/aromatic N) is 2. The Morgan fingerprint density at radius 3 is 2.54 bits per heavy atom. The maximum absolute atomic E-state index is 13.2. The first-order valence-electron chi connectivity index (χ1n) is 7.34. The van der Waals surface area contributed by atoms with Gasteiger partial charge in [-0.2, -0.15) is 13.2 Å². The van der Waals surface area contributed by atoms with Crippen LogP contribution in [-0.2, 0) is 0 Å². The molecule has 2 N–H and O–H groups in total. The molecule has 24 heavy (non-hydrogen) atoms. The zero-order valence-electron chi connectivity index (χ0n) is 12.7. The lowest BCUT2D eigenvalue weighted by Gasteiger charge is -2.35. The summed E-state index contributed by atoms with van der Waals surface area (Å²) in [5, 5.41) is 16.0. The Kier molecular flexibility index (Phi) is 5.73. The number of halogens is 3. The summed E-state index contributed by atoms with van der Waals surface area (Å²) in [7, 11) is 0. The minimum Gasteiger partial charge on any atom is -0.350 e. The number of nitro groups is 1. The molecule has 0 bridgehead atoms. The SMILES string of the molecule is O=C(NCC(N1CCNCC1)C(F)(F)F)c1ccccc1[N+](=O)[O-]. The Bertz CT molecular complexity index is 603. The van der Waals surface area contributed by atoms with Crippen LogP contribution in [0.3, 0.4) is 0 Å². The molecule has 132 valence electrons. The van der Waals surface area contributed by atoms with Crippen molar-refractivity contribution < 1.29 is 22.9 Å². The van der Waals surface area contributed by atoms with Gasteiger partial charge in [0.05, 0.1) is 4.92 Å². The molecule has 1 aliphatic rings. The van der Waals surface area contributed by atoms with Crippen LogP contribution in [0, 0.1) is 10.1 Å². The summed E-state index contributed by atoms with van der Waals surface area (Å²) in [6.07, 6.45) is -4.51. The van der Waals surface area contributed by atoms with E-state index in [9.17, 15) is 28.1 Å². The molecule has 0 spiro atoms. The van der Waals surface area contributed by atoms with Gasteiger partial charge in [0.2, 0.25) is 0 Å². The zero-order valence-corrected chi connectivity index (χ0v) is 12.7. The van der Waals surface area contributed by atoms with Crippen LogP contribution >= 0.6 is 0 Å². The van der Waals surface area contributed by atoms with E-state index in [0.717, 1.165) is 6.07 Å². The van der Waals surface area contributed by atoms with Crippen LogP contribution in [0.2, 0.25) is 0 Å². The number of amides is 1. The van der Waals surface area contributed by atoms with Gasteiger partial charge in [0.1, 0.15) is 11.6 Å². The highest BCUT2D eigenvalue weighted by atomic mass is 19.4. The third kappa shape index (κ3) is 4.42. The lowest BCUT2D eigenvalue weighted by atomic mass is 10.1. The van der Waals surface area contributed by atoms with Gasteiger partial charge in [0.25, 0.3) is 11.6 Å². The molecular formula is C14H17F3N4O3. The fourth-order valence-corrected chi connectivity index (χ4v) is 2.56. The molecule has 1 atom stereocenters. The molecule has 1 aromatic rings. The minimum absolute atomic E-state index is 0.214. The summed E-state index contributed by atoms with van der Waals surface area (Å²) in [5.74, 6) is -0.897. The van der Waals surface area contributed by atoms with Crippen molar-refractivity contribution in [3.8, 4) is 0 Å². The van der Waals surface area contributed by atoms with Gasteiger partial charge in [-0.15, -0.1) is 0 Å². The maximum atomic E-state index is 13.2. The van der Waals surface area contributed by atoms with Crippen LogP contribution in [0.1, 0.15) is 10.4 Å². The van der Waals surface area contributed by atoms with E-state index >= 15 is 0 Å². The fourth-order valence-electron chi connectivity index (χ4n) is 2.56. The van der Waals surface area contributed by atoms with E-state index in [-0.39, 0.29) is 18.7 Å². The number of carbonyl (C=O) groups excluding carboxylic acids is 1. The van der Waals surface area contributed by atoms with Crippen molar-refractivity contribution in [3.63, 3.8) is 0 Å². The molecule has 1 saturated heterocycles. The highest BCUT2D eigenvalue weighted by Crippen LogP contribution is 2.25. The number of nitro benzene ring substituents is 1. The smallest absolute Gasteiger partial charge is 0.350 e. The van der Waals surface area contributed by atoms with Gasteiger partial charge in [-0.3, -0.25) is 19.8 Å². The molecule has 0 saturated carbocycles. The average molecular weight is 346 g/mol. The molecule has 0 aliphatic carbocycles. The van der Waals surface area contributed by atoms with E-state index in [1.807, 2.05) is 0 Å². The minimum atomic E-state index is -4.51. The fraction of sp³-hybridized carbons (Fsp3) is 0.500. The summed E-state index contributed by atoms with van der Waals surface area (Å²) in [6, 6.07) is 3.31. The molecule has 1 fully saturated rings. The van der Waals surface area contributed by atoms with Gasteiger partial charge in [-0.1, -0.05) is 12.1 Å². The van der Waals surface area contributed by atoms with Crippen LogP contribution in [0.4, 0.5) is 18.9 Å². The topological polar surface area (TPSA) is 87.5 Å². The molecule has 1 heterocycles. The van der Waals surface area contributed by atoms with Crippen molar-refractivity contribution in [1.82, 2.24) is 15.5 Å². The molecule has 1 amide bonds. The number of alkyl halides is 3. The highest BCUT2D eigenvalue weighted by molar-refractivity contribution is 5.98. The Labute approximate surface area is 136 Å². The van der Waals surface area contributed by atoms with E-state index in [4.69, 9.17) is 0 Å². The third-order valence-electron chi connectivity index (χ3n) is 3.77. The van der Waals surface area contributed by atoms with Crippen molar-refractivity contribution in [2.24, 2.45) is 0 Å². The van der Waals surface area contributed by atoms with Gasteiger partial charge < -0.3 is 10.6 Å². The molecule has 0 aromatic heterocycles. The van der Waals surface area contributed by atoms with E-state index < -0.39 is 35.3 Å². The van der Waals surface area contributed by atoms with Crippen LogP contribution in [0.5, 0.6) is 0 Å². The number of para-hydroxylation sites is 1. The molecule has 1 unspecified atom stereocenters. The second-order valence-electron chi connectivity index (χ2n) is 5.33. The van der Waals surface area contributed by atoms with E-state index in [0.29, 0.717) is 13.1 Å². The Balaban J connectivity index is 2.09. The standard InChI is InChI=1S/C14H17F3N4O3/c15-14(16,17)12(20-7-5-18-6-8-20)9-19-13(22)10-3-1-2-4-11(10)21(23)24/h1-4,12,18H,5-9H2,(H,19,22). The number of hydrogen-bond donors (Lipinski definition) is 2. The first-order valence-corrected chi connectivity index (χ1v) is 7.34. The van der Waals surface area contributed by atoms with E-state index in [1.165, 1.54) is 23.1 Å². The summed E-state index contributed by atoms with van der Waals surface area (Å²) < 4.78 is 39.7. The number of hydrogen-bond acceptors (Lipinski definition) is 5. The molecule has 10 heteroatoms. The lowest BCUT2D eigenvalue weighted by molar-refractivity contribution is -0.385. The molecular weight excluding hydrogens is 329 g/mol. The van der Waals surface area contributed by atoms with Gasteiger partial charge in [-0.05, 0) is 6.07 Å². The maximum Gasteiger partial charge on any atom is 0.405 e. The normalized spacial score (nSPS) is 17.3. The molecule has 2 rings (SSSR count). The second-order valence-corrected chi connectivity index (χ2v) is 5.33. The van der Waals surface area contributed by atoms with E-state index in [2.05, 4.69) is 10.6 Å². The van der Waals surface area contributed by atoms with Crippen molar-refractivity contribution in [1.29, 1.82) is 0 Å².